The number of halogens is 1. The molecule has 0 bridgehead atoms. The second-order valence-electron chi connectivity index (χ2n) is 6.56. The van der Waals surface area contributed by atoms with E-state index < -0.39 is 0 Å². The minimum atomic E-state index is -0.316. The highest BCUT2D eigenvalue weighted by atomic mass is 19.1. The van der Waals surface area contributed by atoms with Gasteiger partial charge in [0.25, 0.3) is 5.56 Å². The Morgan fingerprint density at radius 1 is 1.15 bits per heavy atom. The van der Waals surface area contributed by atoms with E-state index in [4.69, 9.17) is 0 Å². The zero-order chi connectivity index (χ0) is 18.1. The number of rotatable bonds is 4. The fraction of sp³-hybridized carbons (Fsp3) is 0.316. The van der Waals surface area contributed by atoms with Gasteiger partial charge in [0.2, 0.25) is 5.91 Å². The number of aryl methyl sites for hydroxylation is 2. The monoisotopic (exact) mass is 354 g/mol. The fourth-order valence-corrected chi connectivity index (χ4v) is 3.39. The standard InChI is InChI=1S/C19H19FN4O2/c20-14-7-5-13(6-8-14)11-21-17(25)12-23-9-10-24-18(19(23)26)15-3-1-2-4-16(15)22-24/h5-10H,1-4,11-12H2,(H,21,25). The van der Waals surface area contributed by atoms with Crippen molar-refractivity contribution in [2.45, 2.75) is 38.8 Å². The second-order valence-corrected chi connectivity index (χ2v) is 6.56. The summed E-state index contributed by atoms with van der Waals surface area (Å²) in [6, 6.07) is 5.93. The molecule has 0 saturated carbocycles. The minimum absolute atomic E-state index is 0.0590. The summed E-state index contributed by atoms with van der Waals surface area (Å²) in [6.45, 7) is 0.231. The lowest BCUT2D eigenvalue weighted by atomic mass is 9.97. The Hall–Kier alpha value is -2.96. The molecule has 1 N–H and O–H groups in total. The van der Waals surface area contributed by atoms with Crippen molar-refractivity contribution in [3.63, 3.8) is 0 Å². The molecule has 2 heterocycles. The third kappa shape index (κ3) is 3.12. The Kier molecular flexibility index (Phi) is 4.28. The van der Waals surface area contributed by atoms with Crippen LogP contribution in [0.5, 0.6) is 0 Å². The van der Waals surface area contributed by atoms with Crippen molar-refractivity contribution in [2.24, 2.45) is 0 Å². The lowest BCUT2D eigenvalue weighted by Gasteiger charge is -2.10. The average molecular weight is 354 g/mol. The number of aromatic nitrogens is 3. The van der Waals surface area contributed by atoms with E-state index in [2.05, 4.69) is 10.4 Å². The minimum Gasteiger partial charge on any atom is -0.350 e. The van der Waals surface area contributed by atoms with Gasteiger partial charge in [-0.2, -0.15) is 5.10 Å². The zero-order valence-electron chi connectivity index (χ0n) is 14.2. The summed E-state index contributed by atoms with van der Waals surface area (Å²) in [6.07, 6.45) is 7.22. The number of nitrogens with zero attached hydrogens (tertiary/aromatic N) is 3. The molecule has 0 aliphatic heterocycles. The first kappa shape index (κ1) is 16.5. The molecule has 26 heavy (non-hydrogen) atoms. The van der Waals surface area contributed by atoms with Crippen LogP contribution < -0.4 is 10.9 Å². The summed E-state index contributed by atoms with van der Waals surface area (Å²) in [5.74, 6) is -0.585. The van der Waals surface area contributed by atoms with Crippen molar-refractivity contribution < 1.29 is 9.18 Å². The highest BCUT2D eigenvalue weighted by Gasteiger charge is 2.19. The number of carbonyl (C=O) groups excluding carboxylic acids is 1. The lowest BCUT2D eigenvalue weighted by Crippen LogP contribution is -2.32. The van der Waals surface area contributed by atoms with Crippen molar-refractivity contribution in [2.75, 3.05) is 0 Å². The van der Waals surface area contributed by atoms with E-state index in [0.29, 0.717) is 5.52 Å². The third-order valence-electron chi connectivity index (χ3n) is 4.75. The maximum Gasteiger partial charge on any atom is 0.277 e. The van der Waals surface area contributed by atoms with Crippen LogP contribution in [-0.2, 0) is 30.7 Å². The van der Waals surface area contributed by atoms with Crippen LogP contribution in [0.3, 0.4) is 0 Å². The third-order valence-corrected chi connectivity index (χ3v) is 4.75. The van der Waals surface area contributed by atoms with Crippen LogP contribution in [-0.4, -0.2) is 20.1 Å². The second kappa shape index (κ2) is 6.74. The van der Waals surface area contributed by atoms with Crippen molar-refractivity contribution in [1.82, 2.24) is 19.5 Å². The van der Waals surface area contributed by atoms with Crippen molar-refractivity contribution in [1.29, 1.82) is 0 Å². The predicted molar refractivity (Wildman–Crippen MR) is 94.3 cm³/mol. The molecule has 7 heteroatoms. The van der Waals surface area contributed by atoms with Crippen LogP contribution in [0.2, 0.25) is 0 Å². The molecule has 0 fully saturated rings. The van der Waals surface area contributed by atoms with E-state index in [1.54, 1.807) is 29.0 Å². The maximum atomic E-state index is 12.9. The first-order valence-corrected chi connectivity index (χ1v) is 8.72. The van der Waals surface area contributed by atoms with Gasteiger partial charge >= 0.3 is 0 Å². The van der Waals surface area contributed by atoms with Gasteiger partial charge in [0, 0.05) is 24.5 Å². The van der Waals surface area contributed by atoms with Crippen molar-refractivity contribution >= 4 is 11.4 Å². The normalized spacial score (nSPS) is 13.6. The Labute approximate surface area is 149 Å². The van der Waals surface area contributed by atoms with E-state index in [9.17, 15) is 14.0 Å². The van der Waals surface area contributed by atoms with Gasteiger partial charge in [0.1, 0.15) is 17.9 Å². The summed E-state index contributed by atoms with van der Waals surface area (Å²) in [4.78, 5) is 25.0. The first-order chi connectivity index (χ1) is 12.6. The van der Waals surface area contributed by atoms with Gasteiger partial charge in [0.15, 0.2) is 0 Å². The number of carbonyl (C=O) groups is 1. The zero-order valence-corrected chi connectivity index (χ0v) is 14.2. The van der Waals surface area contributed by atoms with Gasteiger partial charge in [0.05, 0.1) is 5.69 Å². The highest BCUT2D eigenvalue weighted by molar-refractivity contribution is 5.75. The largest absolute Gasteiger partial charge is 0.350 e. The molecule has 2 aromatic heterocycles. The van der Waals surface area contributed by atoms with Crippen molar-refractivity contribution in [3.05, 3.63) is 69.7 Å². The fourth-order valence-electron chi connectivity index (χ4n) is 3.39. The molecular weight excluding hydrogens is 335 g/mol. The number of hydrogen-bond donors (Lipinski definition) is 1. The number of benzene rings is 1. The van der Waals surface area contributed by atoms with E-state index >= 15 is 0 Å². The molecular formula is C19H19FN4O2. The van der Waals surface area contributed by atoms with Crippen LogP contribution in [0.1, 0.15) is 29.7 Å². The van der Waals surface area contributed by atoms with Gasteiger partial charge in [-0.15, -0.1) is 0 Å². The highest BCUT2D eigenvalue weighted by Crippen LogP contribution is 2.22. The SMILES string of the molecule is O=C(Cn1ccn2nc3c(c2c1=O)CCCC3)NCc1ccc(F)cc1. The predicted octanol–water partition coefficient (Wildman–Crippen LogP) is 1.83. The summed E-state index contributed by atoms with van der Waals surface area (Å²) in [7, 11) is 0. The first-order valence-electron chi connectivity index (χ1n) is 8.72. The van der Waals surface area contributed by atoms with E-state index in [0.717, 1.165) is 42.5 Å². The lowest BCUT2D eigenvalue weighted by molar-refractivity contribution is -0.121. The summed E-state index contributed by atoms with van der Waals surface area (Å²) < 4.78 is 15.9. The van der Waals surface area contributed by atoms with Gasteiger partial charge in [-0.3, -0.25) is 9.59 Å². The van der Waals surface area contributed by atoms with Gasteiger partial charge < -0.3 is 9.88 Å². The molecule has 3 aromatic rings. The smallest absolute Gasteiger partial charge is 0.277 e. The molecule has 0 spiro atoms. The van der Waals surface area contributed by atoms with Gasteiger partial charge in [-0.1, -0.05) is 12.1 Å². The van der Waals surface area contributed by atoms with Crippen LogP contribution in [0.25, 0.3) is 5.52 Å². The Balaban J connectivity index is 1.51. The van der Waals surface area contributed by atoms with Crippen LogP contribution in [0.4, 0.5) is 4.39 Å². The molecule has 4 rings (SSSR count). The molecule has 0 unspecified atom stereocenters. The maximum absolute atomic E-state index is 12.9. The van der Waals surface area contributed by atoms with Crippen molar-refractivity contribution in [3.8, 4) is 0 Å². The molecule has 134 valence electrons. The van der Waals surface area contributed by atoms with Crippen LogP contribution in [0.15, 0.2) is 41.5 Å². The van der Waals surface area contributed by atoms with Gasteiger partial charge in [-0.05, 0) is 43.4 Å². The quantitative estimate of drug-likeness (QED) is 0.777. The van der Waals surface area contributed by atoms with Crippen LogP contribution >= 0.6 is 0 Å². The summed E-state index contributed by atoms with van der Waals surface area (Å²) in [5.41, 5.74) is 3.19. The van der Waals surface area contributed by atoms with E-state index in [1.165, 1.54) is 16.7 Å². The molecule has 0 saturated heterocycles. The Morgan fingerprint density at radius 2 is 1.92 bits per heavy atom. The van der Waals surface area contributed by atoms with E-state index in [-0.39, 0.29) is 30.4 Å². The Bertz CT molecular complexity index is 1020. The van der Waals surface area contributed by atoms with Gasteiger partial charge in [-0.25, -0.2) is 8.91 Å². The molecule has 1 amide bonds. The topological polar surface area (TPSA) is 68.4 Å². The number of nitrogens with one attached hydrogen (secondary N) is 1. The molecule has 0 atom stereocenters. The Morgan fingerprint density at radius 3 is 2.73 bits per heavy atom. The molecule has 1 aliphatic rings. The van der Waals surface area contributed by atoms with E-state index in [1.807, 2.05) is 0 Å². The number of amides is 1. The average Bonchev–Trinajstić information content (AvgIpc) is 3.03. The summed E-state index contributed by atoms with van der Waals surface area (Å²) >= 11 is 0. The number of fused-ring (bicyclic) bond motifs is 3. The molecule has 1 aliphatic carbocycles. The molecule has 1 aromatic carbocycles. The van der Waals surface area contributed by atoms with Crippen LogP contribution in [0, 0.1) is 5.82 Å². The summed E-state index contributed by atoms with van der Waals surface area (Å²) in [5, 5.41) is 7.24. The molecule has 0 radical (unpaired) electrons. The number of hydrogen-bond acceptors (Lipinski definition) is 3. The molecule has 6 nitrogen and oxygen atoms in total.